The average Bonchev–Trinajstić information content (AvgIpc) is 2.28. The van der Waals surface area contributed by atoms with Crippen LogP contribution in [0.4, 0.5) is 0 Å². The van der Waals surface area contributed by atoms with Gasteiger partial charge < -0.3 is 14.8 Å². The molecule has 4 heteroatoms. The third-order valence-corrected chi connectivity index (χ3v) is 2.54. The summed E-state index contributed by atoms with van der Waals surface area (Å²) in [5.41, 5.74) is 0. The van der Waals surface area contributed by atoms with Gasteiger partial charge in [0.05, 0.1) is 13.2 Å². The van der Waals surface area contributed by atoms with Crippen molar-refractivity contribution >= 4 is 0 Å². The number of likely N-dealkylation sites (N-methyl/N-ethyl adjacent to an activating group) is 2. The average molecular weight is 232 g/mol. The van der Waals surface area contributed by atoms with Crippen LogP contribution in [-0.2, 0) is 9.47 Å². The molecule has 0 saturated carbocycles. The van der Waals surface area contributed by atoms with E-state index in [0.717, 1.165) is 46.0 Å². The predicted octanol–water partition coefficient (Wildman–Crippen LogP) is 0.969. The van der Waals surface area contributed by atoms with E-state index in [1.165, 1.54) is 0 Å². The zero-order valence-corrected chi connectivity index (χ0v) is 11.3. The van der Waals surface area contributed by atoms with E-state index in [-0.39, 0.29) is 0 Å². The number of rotatable bonds is 11. The molecule has 0 saturated heterocycles. The number of nitrogens with zero attached hydrogens (tertiary/aromatic N) is 1. The molecule has 0 aromatic carbocycles. The van der Waals surface area contributed by atoms with Crippen LogP contribution >= 0.6 is 0 Å². The second-order valence-corrected chi connectivity index (χ2v) is 3.80. The van der Waals surface area contributed by atoms with Gasteiger partial charge in [-0.25, -0.2) is 0 Å². The molecule has 98 valence electrons. The van der Waals surface area contributed by atoms with E-state index >= 15 is 0 Å². The molecule has 0 aromatic heterocycles. The smallest absolute Gasteiger partial charge is 0.0628 e. The normalized spacial score (nSPS) is 13.3. The van der Waals surface area contributed by atoms with Crippen LogP contribution in [0.5, 0.6) is 0 Å². The highest BCUT2D eigenvalue weighted by molar-refractivity contribution is 4.70. The van der Waals surface area contributed by atoms with Crippen molar-refractivity contribution in [3.05, 3.63) is 0 Å². The Morgan fingerprint density at radius 2 is 2.00 bits per heavy atom. The van der Waals surface area contributed by atoms with Gasteiger partial charge in [0.1, 0.15) is 0 Å². The molecule has 0 aliphatic rings. The van der Waals surface area contributed by atoms with Crippen LogP contribution in [0.3, 0.4) is 0 Å². The highest BCUT2D eigenvalue weighted by Gasteiger charge is 2.11. The van der Waals surface area contributed by atoms with E-state index in [2.05, 4.69) is 24.1 Å². The lowest BCUT2D eigenvalue weighted by molar-refractivity contribution is 0.0981. The largest absolute Gasteiger partial charge is 0.383 e. The van der Waals surface area contributed by atoms with Crippen LogP contribution in [0.25, 0.3) is 0 Å². The standard InChI is InChI=1S/C12H28N2O2/c1-5-13-12(11-15-4)10-14(6-2)8-9-16-7-3/h12-13H,5-11H2,1-4H3. The van der Waals surface area contributed by atoms with Crippen molar-refractivity contribution < 1.29 is 9.47 Å². The predicted molar refractivity (Wildman–Crippen MR) is 67.9 cm³/mol. The van der Waals surface area contributed by atoms with Gasteiger partial charge in [-0.15, -0.1) is 0 Å². The summed E-state index contributed by atoms with van der Waals surface area (Å²) in [6, 6.07) is 0.413. The Kier molecular flexibility index (Phi) is 11.2. The molecule has 16 heavy (non-hydrogen) atoms. The highest BCUT2D eigenvalue weighted by Crippen LogP contribution is 1.94. The van der Waals surface area contributed by atoms with Crippen molar-refractivity contribution in [2.24, 2.45) is 0 Å². The van der Waals surface area contributed by atoms with Crippen molar-refractivity contribution in [3.8, 4) is 0 Å². The maximum Gasteiger partial charge on any atom is 0.0628 e. The fourth-order valence-corrected chi connectivity index (χ4v) is 1.69. The molecule has 0 bridgehead atoms. The molecule has 1 atom stereocenters. The van der Waals surface area contributed by atoms with Gasteiger partial charge in [-0.05, 0) is 20.0 Å². The zero-order valence-electron chi connectivity index (χ0n) is 11.3. The first-order chi connectivity index (χ1) is 7.78. The number of hydrogen-bond acceptors (Lipinski definition) is 4. The molecule has 0 amide bonds. The van der Waals surface area contributed by atoms with E-state index < -0.39 is 0 Å². The summed E-state index contributed by atoms with van der Waals surface area (Å²) in [5, 5.41) is 3.43. The summed E-state index contributed by atoms with van der Waals surface area (Å²) in [6.45, 7) is 12.8. The molecule has 0 fully saturated rings. The first-order valence-corrected chi connectivity index (χ1v) is 6.30. The molecule has 0 aromatic rings. The van der Waals surface area contributed by atoms with E-state index in [0.29, 0.717) is 6.04 Å². The zero-order chi connectivity index (χ0) is 12.2. The Balaban J connectivity index is 3.84. The van der Waals surface area contributed by atoms with Crippen LogP contribution in [0, 0.1) is 0 Å². The third kappa shape index (κ3) is 8.05. The Morgan fingerprint density at radius 3 is 2.50 bits per heavy atom. The van der Waals surface area contributed by atoms with Gasteiger partial charge in [-0.2, -0.15) is 0 Å². The van der Waals surface area contributed by atoms with Crippen molar-refractivity contribution in [2.45, 2.75) is 26.8 Å². The van der Waals surface area contributed by atoms with Crippen LogP contribution in [-0.4, -0.2) is 64.1 Å². The molecule has 1 unspecified atom stereocenters. The van der Waals surface area contributed by atoms with Gasteiger partial charge in [0.2, 0.25) is 0 Å². The van der Waals surface area contributed by atoms with Crippen molar-refractivity contribution in [3.63, 3.8) is 0 Å². The topological polar surface area (TPSA) is 33.7 Å². The lowest BCUT2D eigenvalue weighted by Crippen LogP contribution is -2.44. The monoisotopic (exact) mass is 232 g/mol. The number of methoxy groups -OCH3 is 1. The van der Waals surface area contributed by atoms with Gasteiger partial charge >= 0.3 is 0 Å². The number of nitrogens with one attached hydrogen (secondary N) is 1. The molecular weight excluding hydrogens is 204 g/mol. The first kappa shape index (κ1) is 15.8. The van der Waals surface area contributed by atoms with Crippen molar-refractivity contribution in [1.82, 2.24) is 10.2 Å². The van der Waals surface area contributed by atoms with Crippen LogP contribution < -0.4 is 5.32 Å². The summed E-state index contributed by atoms with van der Waals surface area (Å²) >= 11 is 0. The maximum absolute atomic E-state index is 5.37. The minimum absolute atomic E-state index is 0.413. The molecule has 1 N–H and O–H groups in total. The van der Waals surface area contributed by atoms with Crippen molar-refractivity contribution in [1.29, 1.82) is 0 Å². The van der Waals surface area contributed by atoms with Crippen molar-refractivity contribution in [2.75, 3.05) is 53.1 Å². The Bertz CT molecular complexity index is 139. The number of ether oxygens (including phenoxy) is 2. The summed E-state index contributed by atoms with van der Waals surface area (Å²) in [7, 11) is 1.75. The molecule has 0 aliphatic heterocycles. The fourth-order valence-electron chi connectivity index (χ4n) is 1.69. The Labute approximate surface area is 100 Å². The lowest BCUT2D eigenvalue weighted by atomic mass is 10.2. The van der Waals surface area contributed by atoms with Crippen LogP contribution in [0.15, 0.2) is 0 Å². The molecule has 4 nitrogen and oxygen atoms in total. The molecular formula is C12H28N2O2. The Morgan fingerprint density at radius 1 is 1.25 bits per heavy atom. The third-order valence-electron chi connectivity index (χ3n) is 2.54. The van der Waals surface area contributed by atoms with Gasteiger partial charge in [-0.1, -0.05) is 13.8 Å². The summed E-state index contributed by atoms with van der Waals surface area (Å²) in [4.78, 5) is 2.39. The lowest BCUT2D eigenvalue weighted by Gasteiger charge is -2.26. The van der Waals surface area contributed by atoms with Crippen LogP contribution in [0.2, 0.25) is 0 Å². The fraction of sp³-hybridized carbons (Fsp3) is 1.00. The molecule has 0 heterocycles. The second kappa shape index (κ2) is 11.3. The Hall–Kier alpha value is -0.160. The SMILES string of the molecule is CCNC(COC)CN(CC)CCOCC. The summed E-state index contributed by atoms with van der Waals surface area (Å²) < 4.78 is 10.6. The minimum atomic E-state index is 0.413. The van der Waals surface area contributed by atoms with Gasteiger partial charge in [-0.3, -0.25) is 4.90 Å². The first-order valence-electron chi connectivity index (χ1n) is 6.30. The molecule has 0 spiro atoms. The number of hydrogen-bond donors (Lipinski definition) is 1. The quantitative estimate of drug-likeness (QED) is 0.538. The summed E-state index contributed by atoms with van der Waals surface area (Å²) in [5.74, 6) is 0. The van der Waals surface area contributed by atoms with E-state index in [1.54, 1.807) is 7.11 Å². The maximum atomic E-state index is 5.37. The highest BCUT2D eigenvalue weighted by atomic mass is 16.5. The minimum Gasteiger partial charge on any atom is -0.383 e. The van der Waals surface area contributed by atoms with Gasteiger partial charge in [0.15, 0.2) is 0 Å². The van der Waals surface area contributed by atoms with E-state index in [1.807, 2.05) is 6.92 Å². The van der Waals surface area contributed by atoms with E-state index in [9.17, 15) is 0 Å². The molecule has 0 rings (SSSR count). The van der Waals surface area contributed by atoms with Gasteiger partial charge in [0, 0.05) is 32.8 Å². The van der Waals surface area contributed by atoms with Gasteiger partial charge in [0.25, 0.3) is 0 Å². The van der Waals surface area contributed by atoms with E-state index in [4.69, 9.17) is 9.47 Å². The second-order valence-electron chi connectivity index (χ2n) is 3.80. The molecule has 0 aliphatic carbocycles. The van der Waals surface area contributed by atoms with Crippen LogP contribution in [0.1, 0.15) is 20.8 Å². The summed E-state index contributed by atoms with van der Waals surface area (Å²) in [6.07, 6.45) is 0. The molecule has 0 radical (unpaired) electrons.